The standard InChI is InChI=1S/C16H26N2O5/c1-4-22-12-13-23-16(19)15(14-17)6-5-7-18(8-10-20-2)9-11-21-3/h5-7H,4,8-13H2,1-3H3/b7-5+,15-6+. The van der Waals surface area contributed by atoms with E-state index < -0.39 is 5.97 Å². The van der Waals surface area contributed by atoms with E-state index in [1.54, 1.807) is 26.5 Å². The molecule has 0 aliphatic heterocycles. The smallest absolute Gasteiger partial charge is 0.348 e. The van der Waals surface area contributed by atoms with Gasteiger partial charge in [-0.25, -0.2) is 4.79 Å². The molecule has 0 unspecified atom stereocenters. The summed E-state index contributed by atoms with van der Waals surface area (Å²) in [6.07, 6.45) is 4.84. The van der Waals surface area contributed by atoms with Crippen LogP contribution in [-0.4, -0.2) is 71.2 Å². The van der Waals surface area contributed by atoms with Crippen molar-refractivity contribution in [2.45, 2.75) is 6.92 Å². The minimum atomic E-state index is -0.655. The summed E-state index contributed by atoms with van der Waals surface area (Å²) >= 11 is 0. The first kappa shape index (κ1) is 21.1. The van der Waals surface area contributed by atoms with Crippen LogP contribution in [0.25, 0.3) is 0 Å². The molecule has 130 valence electrons. The molecule has 0 rings (SSSR count). The minimum absolute atomic E-state index is 0.0591. The molecule has 0 aromatic heterocycles. The number of ether oxygens (including phenoxy) is 4. The van der Waals surface area contributed by atoms with Crippen LogP contribution in [0.15, 0.2) is 23.9 Å². The van der Waals surface area contributed by atoms with Crippen LogP contribution in [0, 0.1) is 11.3 Å². The molecule has 0 heterocycles. The van der Waals surface area contributed by atoms with Crippen molar-refractivity contribution in [3.05, 3.63) is 23.9 Å². The molecule has 0 saturated carbocycles. The van der Waals surface area contributed by atoms with Gasteiger partial charge in [0.25, 0.3) is 0 Å². The van der Waals surface area contributed by atoms with Gasteiger partial charge in [-0.3, -0.25) is 0 Å². The SMILES string of the molecule is CCOCCOC(=O)/C(C#N)=C/C=C/N(CCOC)CCOC. The predicted molar refractivity (Wildman–Crippen MR) is 85.6 cm³/mol. The summed E-state index contributed by atoms with van der Waals surface area (Å²) in [5, 5.41) is 9.01. The average Bonchev–Trinajstić information content (AvgIpc) is 2.57. The van der Waals surface area contributed by atoms with Crippen LogP contribution in [0.5, 0.6) is 0 Å². The van der Waals surface area contributed by atoms with E-state index in [1.807, 2.05) is 17.9 Å². The molecule has 0 bridgehead atoms. The Morgan fingerprint density at radius 1 is 1.13 bits per heavy atom. The van der Waals surface area contributed by atoms with Crippen LogP contribution in [0.3, 0.4) is 0 Å². The molecule has 0 aromatic carbocycles. The van der Waals surface area contributed by atoms with Crippen molar-refractivity contribution in [3.8, 4) is 6.07 Å². The van der Waals surface area contributed by atoms with E-state index in [9.17, 15) is 4.79 Å². The first-order valence-electron chi connectivity index (χ1n) is 7.44. The fraction of sp³-hybridized carbons (Fsp3) is 0.625. The number of nitrogens with zero attached hydrogens (tertiary/aromatic N) is 2. The van der Waals surface area contributed by atoms with Crippen LogP contribution in [-0.2, 0) is 23.7 Å². The fourth-order valence-electron chi connectivity index (χ4n) is 1.51. The lowest BCUT2D eigenvalue weighted by Crippen LogP contribution is -2.25. The number of esters is 1. The highest BCUT2D eigenvalue weighted by Gasteiger charge is 2.09. The highest BCUT2D eigenvalue weighted by molar-refractivity contribution is 5.93. The van der Waals surface area contributed by atoms with Gasteiger partial charge in [-0.2, -0.15) is 5.26 Å². The quantitative estimate of drug-likeness (QED) is 0.165. The highest BCUT2D eigenvalue weighted by Crippen LogP contribution is 1.99. The Kier molecular flexibility index (Phi) is 13.8. The largest absolute Gasteiger partial charge is 0.459 e. The average molecular weight is 326 g/mol. The van der Waals surface area contributed by atoms with Gasteiger partial charge in [0.05, 0.1) is 19.8 Å². The summed E-state index contributed by atoms with van der Waals surface area (Å²) in [6, 6.07) is 1.83. The first-order valence-corrected chi connectivity index (χ1v) is 7.44. The Morgan fingerprint density at radius 2 is 1.78 bits per heavy atom. The molecule has 7 heteroatoms. The summed E-state index contributed by atoms with van der Waals surface area (Å²) < 4.78 is 20.1. The van der Waals surface area contributed by atoms with Gasteiger partial charge in [0.15, 0.2) is 0 Å². The molecule has 0 saturated heterocycles. The van der Waals surface area contributed by atoms with Gasteiger partial charge < -0.3 is 23.8 Å². The van der Waals surface area contributed by atoms with E-state index in [4.69, 9.17) is 24.2 Å². The number of allylic oxidation sites excluding steroid dienone is 2. The zero-order chi connectivity index (χ0) is 17.3. The van der Waals surface area contributed by atoms with Gasteiger partial charge in [-0.05, 0) is 25.3 Å². The van der Waals surface area contributed by atoms with Crippen molar-refractivity contribution >= 4 is 5.97 Å². The lowest BCUT2D eigenvalue weighted by atomic mass is 10.2. The maximum absolute atomic E-state index is 11.7. The number of hydrogen-bond donors (Lipinski definition) is 0. The fourth-order valence-corrected chi connectivity index (χ4v) is 1.51. The molecule has 0 aromatic rings. The summed E-state index contributed by atoms with van der Waals surface area (Å²) in [4.78, 5) is 13.7. The molecule has 0 N–H and O–H groups in total. The van der Waals surface area contributed by atoms with Crippen LogP contribution in [0.1, 0.15) is 6.92 Å². The Labute approximate surface area is 138 Å². The van der Waals surface area contributed by atoms with Crippen molar-refractivity contribution in [2.24, 2.45) is 0 Å². The van der Waals surface area contributed by atoms with Crippen molar-refractivity contribution in [2.75, 3.05) is 60.3 Å². The minimum Gasteiger partial charge on any atom is -0.459 e. The van der Waals surface area contributed by atoms with Crippen molar-refractivity contribution < 1.29 is 23.7 Å². The molecule has 0 atom stereocenters. The van der Waals surface area contributed by atoms with Crippen molar-refractivity contribution in [1.82, 2.24) is 4.90 Å². The molecule has 7 nitrogen and oxygen atoms in total. The predicted octanol–water partition coefficient (Wildman–Crippen LogP) is 1.12. The molecular formula is C16H26N2O5. The van der Waals surface area contributed by atoms with Gasteiger partial charge in [0.2, 0.25) is 0 Å². The highest BCUT2D eigenvalue weighted by atomic mass is 16.6. The monoisotopic (exact) mass is 326 g/mol. The van der Waals surface area contributed by atoms with Gasteiger partial charge >= 0.3 is 5.97 Å². The topological polar surface area (TPSA) is 81.0 Å². The zero-order valence-electron chi connectivity index (χ0n) is 14.1. The van der Waals surface area contributed by atoms with E-state index in [0.717, 1.165) is 0 Å². The van der Waals surface area contributed by atoms with Gasteiger partial charge in [0, 0.05) is 33.9 Å². The normalized spacial score (nSPS) is 11.5. The van der Waals surface area contributed by atoms with Gasteiger partial charge in [0.1, 0.15) is 18.2 Å². The molecule has 0 amide bonds. The maximum atomic E-state index is 11.7. The number of hydrogen-bond acceptors (Lipinski definition) is 7. The Hall–Kier alpha value is -1.88. The number of nitriles is 1. The van der Waals surface area contributed by atoms with E-state index in [2.05, 4.69) is 0 Å². The number of methoxy groups -OCH3 is 2. The van der Waals surface area contributed by atoms with E-state index in [-0.39, 0.29) is 12.2 Å². The van der Waals surface area contributed by atoms with E-state index in [1.165, 1.54) is 6.08 Å². The molecule has 0 fully saturated rings. The second kappa shape index (κ2) is 15.0. The van der Waals surface area contributed by atoms with Gasteiger partial charge in [-0.15, -0.1) is 0 Å². The molecule has 0 aliphatic rings. The first-order chi connectivity index (χ1) is 11.2. The van der Waals surface area contributed by atoms with Gasteiger partial charge in [-0.1, -0.05) is 0 Å². The molecule has 0 radical (unpaired) electrons. The van der Waals surface area contributed by atoms with Crippen LogP contribution in [0.4, 0.5) is 0 Å². The lowest BCUT2D eigenvalue weighted by Gasteiger charge is -2.19. The van der Waals surface area contributed by atoms with Crippen molar-refractivity contribution in [3.63, 3.8) is 0 Å². The molecule has 0 aliphatic carbocycles. The van der Waals surface area contributed by atoms with Crippen LogP contribution in [0.2, 0.25) is 0 Å². The summed E-state index contributed by atoms with van der Waals surface area (Å²) in [5.74, 6) is -0.655. The third-order valence-corrected chi connectivity index (χ3v) is 2.73. The van der Waals surface area contributed by atoms with E-state index >= 15 is 0 Å². The summed E-state index contributed by atoms with van der Waals surface area (Å²) in [6.45, 7) is 5.37. The second-order valence-corrected chi connectivity index (χ2v) is 4.39. The Morgan fingerprint density at radius 3 is 2.30 bits per heavy atom. The maximum Gasteiger partial charge on any atom is 0.348 e. The zero-order valence-corrected chi connectivity index (χ0v) is 14.1. The third-order valence-electron chi connectivity index (χ3n) is 2.73. The number of carbonyl (C=O) groups is 1. The summed E-state index contributed by atoms with van der Waals surface area (Å²) in [5.41, 5.74) is -0.0591. The third kappa shape index (κ3) is 11.4. The van der Waals surface area contributed by atoms with Crippen molar-refractivity contribution in [1.29, 1.82) is 5.26 Å². The molecular weight excluding hydrogens is 300 g/mol. The number of carbonyl (C=O) groups excluding carboxylic acids is 1. The summed E-state index contributed by atoms with van der Waals surface area (Å²) in [7, 11) is 3.26. The molecule has 23 heavy (non-hydrogen) atoms. The Bertz CT molecular complexity index is 407. The van der Waals surface area contributed by atoms with Crippen LogP contribution >= 0.6 is 0 Å². The van der Waals surface area contributed by atoms with E-state index in [0.29, 0.717) is 39.5 Å². The van der Waals surface area contributed by atoms with Crippen LogP contribution < -0.4 is 0 Å². The Balaban J connectivity index is 4.50. The second-order valence-electron chi connectivity index (χ2n) is 4.39. The number of rotatable bonds is 13. The molecule has 0 spiro atoms. The lowest BCUT2D eigenvalue weighted by molar-refractivity contribution is -0.140.